The van der Waals surface area contributed by atoms with E-state index in [2.05, 4.69) is 20.9 Å². The minimum Gasteiger partial charge on any atom is -0.356 e. The number of nitrogens with zero attached hydrogens (tertiary/aromatic N) is 1. The summed E-state index contributed by atoms with van der Waals surface area (Å²) in [5.74, 6) is 0.649. The van der Waals surface area contributed by atoms with Gasteiger partial charge in [-0.15, -0.1) is 24.0 Å². The summed E-state index contributed by atoms with van der Waals surface area (Å²) in [7, 11) is 1.68. The molecule has 1 unspecified atom stereocenters. The van der Waals surface area contributed by atoms with Gasteiger partial charge >= 0.3 is 0 Å². The molecule has 0 aliphatic rings. The molecule has 0 fully saturated rings. The number of hydrogen-bond donors (Lipinski definition) is 3. The topological polar surface area (TPSA) is 65.5 Å². The van der Waals surface area contributed by atoms with Gasteiger partial charge in [0.25, 0.3) is 0 Å². The summed E-state index contributed by atoms with van der Waals surface area (Å²) in [5.41, 5.74) is 0.925. The van der Waals surface area contributed by atoms with Crippen molar-refractivity contribution in [2.75, 3.05) is 13.6 Å². The van der Waals surface area contributed by atoms with Gasteiger partial charge in [-0.2, -0.15) is 0 Å². The molecule has 1 aromatic rings. The first kappa shape index (κ1) is 23.3. The summed E-state index contributed by atoms with van der Waals surface area (Å²) in [6, 6.07) is 5.56. The van der Waals surface area contributed by atoms with Crippen LogP contribution in [0.3, 0.4) is 0 Å². The molecule has 1 rings (SSSR count). The molecule has 8 heteroatoms. The predicted octanol–water partition coefficient (Wildman–Crippen LogP) is 3.58. The fraction of sp³-hybridized carbons (Fsp3) is 0.500. The number of nitrogens with one attached hydrogen (secondary N) is 3. The maximum atomic E-state index is 11.7. The molecule has 3 N–H and O–H groups in total. The highest BCUT2D eigenvalue weighted by Gasteiger charge is 2.06. The van der Waals surface area contributed by atoms with Crippen LogP contribution in [0.5, 0.6) is 0 Å². The molecule has 0 heterocycles. The molecule has 0 spiro atoms. The van der Waals surface area contributed by atoms with E-state index in [-0.39, 0.29) is 35.9 Å². The van der Waals surface area contributed by atoms with Gasteiger partial charge < -0.3 is 16.0 Å². The summed E-state index contributed by atoms with van der Waals surface area (Å²) in [6.45, 7) is 5.06. The van der Waals surface area contributed by atoms with Crippen LogP contribution >= 0.6 is 47.2 Å². The Morgan fingerprint density at radius 3 is 2.58 bits per heavy atom. The van der Waals surface area contributed by atoms with Crippen molar-refractivity contribution in [2.24, 2.45) is 4.99 Å². The molecule has 0 aliphatic heterocycles. The number of guanidine groups is 1. The number of benzene rings is 1. The van der Waals surface area contributed by atoms with Crippen molar-refractivity contribution >= 4 is 59.0 Å². The molecule has 0 saturated heterocycles. The van der Waals surface area contributed by atoms with Gasteiger partial charge in [0, 0.05) is 42.6 Å². The summed E-state index contributed by atoms with van der Waals surface area (Å²) in [4.78, 5) is 15.8. The Morgan fingerprint density at radius 2 is 2.00 bits per heavy atom. The van der Waals surface area contributed by atoms with Crippen LogP contribution < -0.4 is 16.0 Å². The molecule has 0 aliphatic carbocycles. The monoisotopic (exact) mass is 486 g/mol. The van der Waals surface area contributed by atoms with Gasteiger partial charge in [0.05, 0.1) is 0 Å². The first-order valence-corrected chi connectivity index (χ1v) is 8.39. The summed E-state index contributed by atoms with van der Waals surface area (Å²) >= 11 is 12.0. The average Bonchev–Trinajstić information content (AvgIpc) is 2.51. The van der Waals surface area contributed by atoms with Crippen LogP contribution in [-0.4, -0.2) is 31.5 Å². The van der Waals surface area contributed by atoms with E-state index in [1.54, 1.807) is 19.2 Å². The maximum absolute atomic E-state index is 11.7. The van der Waals surface area contributed by atoms with E-state index in [0.717, 1.165) is 12.0 Å². The number of amides is 1. The van der Waals surface area contributed by atoms with Gasteiger partial charge in [-0.05, 0) is 31.0 Å². The summed E-state index contributed by atoms with van der Waals surface area (Å²) in [5, 5.41) is 10.4. The zero-order chi connectivity index (χ0) is 17.2. The number of hydrogen-bond acceptors (Lipinski definition) is 2. The first-order chi connectivity index (χ1) is 11.0. The van der Waals surface area contributed by atoms with E-state index in [1.807, 2.05) is 19.9 Å². The fourth-order valence-electron chi connectivity index (χ4n) is 1.81. The lowest BCUT2D eigenvalue weighted by atomic mass is 10.2. The minimum atomic E-state index is 0. The third-order valence-electron chi connectivity index (χ3n) is 3.35. The average molecular weight is 487 g/mol. The predicted molar refractivity (Wildman–Crippen MR) is 113 cm³/mol. The van der Waals surface area contributed by atoms with E-state index < -0.39 is 0 Å². The number of halogens is 3. The molecule has 136 valence electrons. The van der Waals surface area contributed by atoms with Crippen molar-refractivity contribution in [3.63, 3.8) is 0 Å². The Balaban J connectivity index is 0.00000529. The van der Waals surface area contributed by atoms with Gasteiger partial charge in [0.2, 0.25) is 5.91 Å². The Kier molecular flexibility index (Phi) is 12.2. The van der Waals surface area contributed by atoms with Gasteiger partial charge in [-0.25, -0.2) is 0 Å². The lowest BCUT2D eigenvalue weighted by Crippen LogP contribution is -2.40. The molecule has 0 aromatic heterocycles. The molecule has 24 heavy (non-hydrogen) atoms. The molecule has 1 amide bonds. The van der Waals surface area contributed by atoms with Crippen molar-refractivity contribution in [3.8, 4) is 0 Å². The Labute approximate surface area is 171 Å². The van der Waals surface area contributed by atoms with Crippen molar-refractivity contribution < 1.29 is 4.79 Å². The molecule has 0 saturated carbocycles. The van der Waals surface area contributed by atoms with Crippen LogP contribution in [0.1, 0.15) is 32.3 Å². The standard InChI is InChI=1S/C16H24Cl2N4O.HI/c1-4-11(2)22-15(23)7-8-20-16(19-3)21-10-12-5-6-13(17)9-14(12)18;/h5-6,9,11H,4,7-8,10H2,1-3H3,(H,22,23)(H2,19,20,21);1H. The lowest BCUT2D eigenvalue weighted by molar-refractivity contribution is -0.121. The van der Waals surface area contributed by atoms with Gasteiger partial charge in [0.15, 0.2) is 5.96 Å². The number of carbonyl (C=O) groups is 1. The quantitative estimate of drug-likeness (QED) is 0.313. The highest BCUT2D eigenvalue weighted by Crippen LogP contribution is 2.20. The van der Waals surface area contributed by atoms with Gasteiger partial charge in [-0.3, -0.25) is 9.79 Å². The van der Waals surface area contributed by atoms with Crippen molar-refractivity contribution in [3.05, 3.63) is 33.8 Å². The molecule has 5 nitrogen and oxygen atoms in total. The van der Waals surface area contributed by atoms with E-state index >= 15 is 0 Å². The SMILES string of the molecule is CCC(C)NC(=O)CCNC(=NC)NCc1ccc(Cl)cc1Cl.I. The van der Waals surface area contributed by atoms with Crippen LogP contribution in [-0.2, 0) is 11.3 Å². The van der Waals surface area contributed by atoms with Crippen LogP contribution in [0.2, 0.25) is 10.0 Å². The zero-order valence-electron chi connectivity index (χ0n) is 14.2. The molecule has 1 atom stereocenters. The zero-order valence-corrected chi connectivity index (χ0v) is 18.0. The third-order valence-corrected chi connectivity index (χ3v) is 3.94. The second kappa shape index (κ2) is 12.6. The minimum absolute atomic E-state index is 0. The van der Waals surface area contributed by atoms with E-state index in [0.29, 0.717) is 35.5 Å². The van der Waals surface area contributed by atoms with Crippen molar-refractivity contribution in [2.45, 2.75) is 39.3 Å². The number of aliphatic imine (C=N–C) groups is 1. The van der Waals surface area contributed by atoms with E-state index in [9.17, 15) is 4.79 Å². The van der Waals surface area contributed by atoms with E-state index in [4.69, 9.17) is 23.2 Å². The van der Waals surface area contributed by atoms with Crippen LogP contribution in [0.4, 0.5) is 0 Å². The van der Waals surface area contributed by atoms with Crippen LogP contribution in [0.15, 0.2) is 23.2 Å². The van der Waals surface area contributed by atoms with E-state index in [1.165, 1.54) is 0 Å². The number of rotatable bonds is 7. The largest absolute Gasteiger partial charge is 0.356 e. The Bertz CT molecular complexity index is 555. The lowest BCUT2D eigenvalue weighted by Gasteiger charge is -2.14. The van der Waals surface area contributed by atoms with Crippen LogP contribution in [0.25, 0.3) is 0 Å². The maximum Gasteiger partial charge on any atom is 0.221 e. The molecule has 1 aromatic carbocycles. The Hall–Kier alpha value is -0.730. The second-order valence-electron chi connectivity index (χ2n) is 5.22. The van der Waals surface area contributed by atoms with Gasteiger partial charge in [-0.1, -0.05) is 36.2 Å². The molecule has 0 radical (unpaired) electrons. The number of carbonyl (C=O) groups excluding carboxylic acids is 1. The highest BCUT2D eigenvalue weighted by atomic mass is 127. The molecule has 0 bridgehead atoms. The fourth-order valence-corrected chi connectivity index (χ4v) is 2.28. The smallest absolute Gasteiger partial charge is 0.221 e. The molecular weight excluding hydrogens is 462 g/mol. The third kappa shape index (κ3) is 8.94. The van der Waals surface area contributed by atoms with Crippen molar-refractivity contribution in [1.29, 1.82) is 0 Å². The van der Waals surface area contributed by atoms with Gasteiger partial charge in [0.1, 0.15) is 0 Å². The van der Waals surface area contributed by atoms with Crippen molar-refractivity contribution in [1.82, 2.24) is 16.0 Å². The summed E-state index contributed by atoms with van der Waals surface area (Å²) < 4.78 is 0. The normalized spacial score (nSPS) is 12.1. The Morgan fingerprint density at radius 1 is 1.29 bits per heavy atom. The van der Waals surface area contributed by atoms with Crippen LogP contribution in [0, 0.1) is 0 Å². The second-order valence-corrected chi connectivity index (χ2v) is 6.06. The first-order valence-electron chi connectivity index (χ1n) is 7.64. The molecular formula is C16H25Cl2IN4O. The highest BCUT2D eigenvalue weighted by molar-refractivity contribution is 14.0. The summed E-state index contributed by atoms with van der Waals surface area (Å²) in [6.07, 6.45) is 1.32.